The van der Waals surface area contributed by atoms with E-state index in [0.717, 1.165) is 6.42 Å². The highest BCUT2D eigenvalue weighted by molar-refractivity contribution is 5.92. The maximum Gasteiger partial charge on any atom is 0.573 e. The number of anilines is 1. The van der Waals surface area contributed by atoms with Gasteiger partial charge in [0.25, 0.3) is 0 Å². The van der Waals surface area contributed by atoms with Crippen LogP contribution in [0.1, 0.15) is 32.1 Å². The summed E-state index contributed by atoms with van der Waals surface area (Å²) in [6, 6.07) is 5.81. The van der Waals surface area contributed by atoms with Crippen LogP contribution >= 0.6 is 0 Å². The third kappa shape index (κ3) is 3.45. The summed E-state index contributed by atoms with van der Waals surface area (Å²) in [6.45, 7) is 0. The van der Waals surface area contributed by atoms with Crippen molar-refractivity contribution in [3.8, 4) is 5.75 Å². The number of hydrogen-bond acceptors (Lipinski definition) is 2. The second kappa shape index (κ2) is 5.37. The van der Waals surface area contributed by atoms with Crippen molar-refractivity contribution >= 4 is 11.6 Å². The van der Waals surface area contributed by atoms with E-state index in [4.69, 9.17) is 5.73 Å². The number of ether oxygens (including phenoxy) is 1. The van der Waals surface area contributed by atoms with E-state index in [0.29, 0.717) is 11.1 Å². The van der Waals surface area contributed by atoms with Gasteiger partial charge in [0.1, 0.15) is 5.75 Å². The summed E-state index contributed by atoms with van der Waals surface area (Å²) < 4.78 is 40.5. The Balaban J connectivity index is 1.62. The van der Waals surface area contributed by atoms with E-state index in [1.807, 2.05) is 0 Å². The van der Waals surface area contributed by atoms with Gasteiger partial charge >= 0.3 is 6.36 Å². The van der Waals surface area contributed by atoms with Gasteiger partial charge in [0.05, 0.1) is 6.04 Å². The zero-order valence-electron chi connectivity index (χ0n) is 12.0. The van der Waals surface area contributed by atoms with Gasteiger partial charge in [-0.15, -0.1) is 13.2 Å². The first-order valence-electron chi connectivity index (χ1n) is 7.32. The van der Waals surface area contributed by atoms with Crippen molar-refractivity contribution in [1.29, 1.82) is 0 Å². The van der Waals surface area contributed by atoms with Crippen molar-refractivity contribution in [2.75, 3.05) is 5.32 Å². The van der Waals surface area contributed by atoms with Crippen LogP contribution in [0.5, 0.6) is 5.75 Å². The molecular weight excluding hydrogens is 295 g/mol. The van der Waals surface area contributed by atoms with Gasteiger partial charge in [-0.25, -0.2) is 4.99 Å². The monoisotopic (exact) mass is 313 g/mol. The van der Waals surface area contributed by atoms with Gasteiger partial charge in [0.2, 0.25) is 0 Å². The van der Waals surface area contributed by atoms with E-state index in [-0.39, 0.29) is 17.8 Å². The van der Waals surface area contributed by atoms with Gasteiger partial charge in [0, 0.05) is 11.8 Å². The lowest BCUT2D eigenvalue weighted by molar-refractivity contribution is -0.274. The molecule has 1 atom stereocenters. The van der Waals surface area contributed by atoms with Gasteiger partial charge in [-0.2, -0.15) is 0 Å². The van der Waals surface area contributed by atoms with E-state index < -0.39 is 6.36 Å². The molecule has 1 aromatic rings. The molecule has 1 spiro atoms. The molecule has 22 heavy (non-hydrogen) atoms. The Kier molecular flexibility index (Phi) is 3.66. The van der Waals surface area contributed by atoms with Crippen molar-refractivity contribution < 1.29 is 17.9 Å². The highest BCUT2D eigenvalue weighted by Crippen LogP contribution is 2.59. The minimum absolute atomic E-state index is 0.234. The second-order valence-electron chi connectivity index (χ2n) is 6.00. The summed E-state index contributed by atoms with van der Waals surface area (Å²) in [6.07, 6.45) is 1.24. The third-order valence-corrected chi connectivity index (χ3v) is 4.38. The molecule has 0 aliphatic heterocycles. The van der Waals surface area contributed by atoms with E-state index in [1.165, 1.54) is 43.9 Å². The number of nitrogens with two attached hydrogens (primary N) is 1. The van der Waals surface area contributed by atoms with Crippen molar-refractivity contribution in [3.63, 3.8) is 0 Å². The number of rotatable bonds is 3. The molecule has 3 N–H and O–H groups in total. The van der Waals surface area contributed by atoms with E-state index in [9.17, 15) is 13.2 Å². The summed E-state index contributed by atoms with van der Waals surface area (Å²) in [7, 11) is 0. The summed E-state index contributed by atoms with van der Waals surface area (Å²) >= 11 is 0. The summed E-state index contributed by atoms with van der Waals surface area (Å²) in [5.74, 6) is -0.0538. The van der Waals surface area contributed by atoms with E-state index >= 15 is 0 Å². The van der Waals surface area contributed by atoms with Crippen LogP contribution in [0, 0.1) is 5.41 Å². The molecule has 120 valence electrons. The number of hydrogen-bond donors (Lipinski definition) is 2. The smallest absolute Gasteiger partial charge is 0.406 e. The zero-order chi connectivity index (χ0) is 15.8. The quantitative estimate of drug-likeness (QED) is 0.661. The minimum Gasteiger partial charge on any atom is -0.406 e. The molecule has 1 aromatic carbocycles. The fraction of sp³-hybridized carbons (Fsp3) is 0.533. The molecule has 1 unspecified atom stereocenters. The lowest BCUT2D eigenvalue weighted by Crippen LogP contribution is -2.24. The highest BCUT2D eigenvalue weighted by Gasteiger charge is 2.55. The topological polar surface area (TPSA) is 59.6 Å². The van der Waals surface area contributed by atoms with Crippen LogP contribution in [0.4, 0.5) is 18.9 Å². The molecule has 0 radical (unpaired) electrons. The molecule has 2 saturated carbocycles. The van der Waals surface area contributed by atoms with Crippen LogP contribution in [0.15, 0.2) is 29.3 Å². The molecule has 0 aromatic heterocycles. The first kappa shape index (κ1) is 15.0. The van der Waals surface area contributed by atoms with Crippen LogP contribution in [0.2, 0.25) is 0 Å². The van der Waals surface area contributed by atoms with Gasteiger partial charge in [0.15, 0.2) is 5.96 Å². The van der Waals surface area contributed by atoms with Crippen molar-refractivity contribution in [1.82, 2.24) is 0 Å². The molecule has 0 bridgehead atoms. The molecule has 2 aliphatic rings. The molecule has 7 heteroatoms. The molecule has 3 rings (SSSR count). The maximum atomic E-state index is 12.2. The fourth-order valence-corrected chi connectivity index (χ4v) is 3.24. The number of benzene rings is 1. The predicted molar refractivity (Wildman–Crippen MR) is 77.7 cm³/mol. The average molecular weight is 313 g/mol. The number of aliphatic imine (C=N–C) groups is 1. The number of nitrogens with zero attached hydrogens (tertiary/aromatic N) is 1. The summed E-state index contributed by atoms with van der Waals surface area (Å²) in [4.78, 5) is 4.44. The highest BCUT2D eigenvalue weighted by atomic mass is 19.4. The van der Waals surface area contributed by atoms with Gasteiger partial charge in [-0.3, -0.25) is 0 Å². The largest absolute Gasteiger partial charge is 0.573 e. The first-order valence-corrected chi connectivity index (χ1v) is 7.32. The molecule has 0 saturated heterocycles. The minimum atomic E-state index is -4.71. The molecule has 2 aliphatic carbocycles. The maximum absolute atomic E-state index is 12.2. The van der Waals surface area contributed by atoms with Crippen LogP contribution in [-0.2, 0) is 0 Å². The van der Waals surface area contributed by atoms with Crippen molar-refractivity contribution in [3.05, 3.63) is 24.3 Å². The average Bonchev–Trinajstić information content (AvgIpc) is 2.83. The number of alkyl halides is 3. The standard InChI is InChI=1S/C15H18F3N3O/c16-15(17,18)22-11-5-3-4-10(8-11)20-13(19)21-12-9-14(12)6-1-2-7-14/h3-5,8,12H,1-2,6-7,9H2,(H3,19,20,21). The number of guanidine groups is 1. The summed E-state index contributed by atoms with van der Waals surface area (Å²) in [5.41, 5.74) is 6.61. The first-order chi connectivity index (χ1) is 10.4. The number of nitrogens with one attached hydrogen (secondary N) is 1. The van der Waals surface area contributed by atoms with Crippen LogP contribution in [0.3, 0.4) is 0 Å². The van der Waals surface area contributed by atoms with Crippen molar-refractivity contribution in [2.45, 2.75) is 44.5 Å². The lowest BCUT2D eigenvalue weighted by atomic mass is 10.1. The van der Waals surface area contributed by atoms with Gasteiger partial charge in [-0.1, -0.05) is 18.9 Å². The van der Waals surface area contributed by atoms with E-state index in [2.05, 4.69) is 15.0 Å². The second-order valence-corrected chi connectivity index (χ2v) is 6.00. The molecule has 0 heterocycles. The Morgan fingerprint density at radius 3 is 2.73 bits per heavy atom. The van der Waals surface area contributed by atoms with Crippen molar-refractivity contribution in [2.24, 2.45) is 16.1 Å². The van der Waals surface area contributed by atoms with Gasteiger partial charge in [-0.05, 0) is 36.8 Å². The molecular formula is C15H18F3N3O. The van der Waals surface area contributed by atoms with Crippen LogP contribution in [0.25, 0.3) is 0 Å². The Morgan fingerprint density at radius 1 is 1.32 bits per heavy atom. The summed E-state index contributed by atoms with van der Waals surface area (Å²) in [5, 5.41) is 2.83. The SMILES string of the molecule is NC(=NC1CC12CCCC2)Nc1cccc(OC(F)(F)F)c1. The molecule has 4 nitrogen and oxygen atoms in total. The Hall–Kier alpha value is -1.92. The lowest BCUT2D eigenvalue weighted by Gasteiger charge is -2.11. The van der Waals surface area contributed by atoms with Crippen LogP contribution in [-0.4, -0.2) is 18.4 Å². The van der Waals surface area contributed by atoms with Gasteiger partial charge < -0.3 is 15.8 Å². The normalized spacial score (nSPS) is 23.6. The predicted octanol–water partition coefficient (Wildman–Crippen LogP) is 3.64. The molecule has 0 amide bonds. The fourth-order valence-electron chi connectivity index (χ4n) is 3.24. The Labute approximate surface area is 126 Å². The molecule has 2 fully saturated rings. The Bertz CT molecular complexity index is 580. The van der Waals surface area contributed by atoms with E-state index in [1.54, 1.807) is 6.07 Å². The number of halogens is 3. The third-order valence-electron chi connectivity index (χ3n) is 4.38. The zero-order valence-corrected chi connectivity index (χ0v) is 12.0. The van der Waals surface area contributed by atoms with Crippen LogP contribution < -0.4 is 15.8 Å². The Morgan fingerprint density at radius 2 is 2.05 bits per heavy atom.